The Morgan fingerprint density at radius 3 is 2.72 bits per heavy atom. The fraction of sp³-hybridized carbons (Fsp3) is 0. The van der Waals surface area contributed by atoms with Crippen LogP contribution < -0.4 is 10.9 Å². The number of anilines is 1. The summed E-state index contributed by atoms with van der Waals surface area (Å²) < 4.78 is 12.8. The van der Waals surface area contributed by atoms with Crippen molar-refractivity contribution in [1.29, 1.82) is 0 Å². The van der Waals surface area contributed by atoms with Gasteiger partial charge in [0.15, 0.2) is 0 Å². The Balaban J connectivity index is 2.24. The smallest absolute Gasteiger partial charge is 0.255 e. The minimum Gasteiger partial charge on any atom is -0.329 e. The first-order valence-electron chi connectivity index (χ1n) is 5.01. The Morgan fingerprint density at radius 1 is 1.28 bits per heavy atom. The molecular weight excluding hydrogens is 259 g/mol. The van der Waals surface area contributed by atoms with E-state index >= 15 is 0 Å². The van der Waals surface area contributed by atoms with Gasteiger partial charge in [0.25, 0.3) is 5.91 Å². The Bertz CT molecular complexity index is 655. The summed E-state index contributed by atoms with van der Waals surface area (Å²) in [6.07, 6.45) is 1.36. The van der Waals surface area contributed by atoms with E-state index in [2.05, 4.69) is 10.3 Å². The molecule has 0 aliphatic heterocycles. The molecule has 1 aromatic carbocycles. The van der Waals surface area contributed by atoms with Gasteiger partial charge in [0.2, 0.25) is 5.56 Å². The van der Waals surface area contributed by atoms with Crippen molar-refractivity contribution < 1.29 is 9.18 Å². The van der Waals surface area contributed by atoms with Crippen LogP contribution in [0.15, 0.2) is 41.3 Å². The molecule has 0 spiro atoms. The first-order valence-corrected chi connectivity index (χ1v) is 5.39. The van der Waals surface area contributed by atoms with E-state index in [4.69, 9.17) is 11.6 Å². The molecule has 2 N–H and O–H groups in total. The van der Waals surface area contributed by atoms with Crippen LogP contribution in [0.4, 0.5) is 10.1 Å². The second kappa shape index (κ2) is 5.01. The number of nitrogens with one attached hydrogen (secondary N) is 2. The van der Waals surface area contributed by atoms with Crippen molar-refractivity contribution in [2.24, 2.45) is 0 Å². The number of carbonyl (C=O) groups is 1. The van der Waals surface area contributed by atoms with Crippen LogP contribution in [0.2, 0.25) is 5.02 Å². The van der Waals surface area contributed by atoms with E-state index in [0.29, 0.717) is 0 Å². The molecule has 18 heavy (non-hydrogen) atoms. The third-order valence-corrected chi connectivity index (χ3v) is 2.53. The Hall–Kier alpha value is -2.14. The van der Waals surface area contributed by atoms with Gasteiger partial charge in [-0.05, 0) is 24.3 Å². The number of amides is 1. The van der Waals surface area contributed by atoms with Gasteiger partial charge in [0.05, 0.1) is 10.7 Å². The normalized spacial score (nSPS) is 10.1. The molecule has 1 aromatic heterocycles. The number of hydrogen-bond donors (Lipinski definition) is 2. The highest BCUT2D eigenvalue weighted by Crippen LogP contribution is 2.22. The van der Waals surface area contributed by atoms with Crippen LogP contribution in [0.5, 0.6) is 0 Å². The number of halogens is 2. The monoisotopic (exact) mass is 266 g/mol. The van der Waals surface area contributed by atoms with Gasteiger partial charge in [-0.3, -0.25) is 9.59 Å². The fourth-order valence-electron chi connectivity index (χ4n) is 1.37. The van der Waals surface area contributed by atoms with Crippen LogP contribution in [-0.4, -0.2) is 10.9 Å². The number of hydrogen-bond acceptors (Lipinski definition) is 2. The van der Waals surface area contributed by atoms with E-state index in [9.17, 15) is 14.0 Å². The minimum atomic E-state index is -0.492. The van der Waals surface area contributed by atoms with E-state index in [1.54, 1.807) is 0 Å². The highest BCUT2D eigenvalue weighted by atomic mass is 35.5. The van der Waals surface area contributed by atoms with Gasteiger partial charge in [-0.25, -0.2) is 4.39 Å². The van der Waals surface area contributed by atoms with E-state index in [0.717, 1.165) is 12.1 Å². The quantitative estimate of drug-likeness (QED) is 0.877. The van der Waals surface area contributed by atoms with Crippen molar-refractivity contribution in [3.05, 3.63) is 63.3 Å². The lowest BCUT2D eigenvalue weighted by atomic mass is 10.2. The Labute approximate surface area is 106 Å². The molecule has 0 radical (unpaired) electrons. The molecule has 1 amide bonds. The summed E-state index contributed by atoms with van der Waals surface area (Å²) in [4.78, 5) is 25.2. The third kappa shape index (κ3) is 2.75. The van der Waals surface area contributed by atoms with Gasteiger partial charge in [-0.15, -0.1) is 0 Å². The molecule has 0 bridgehead atoms. The van der Waals surface area contributed by atoms with Crippen LogP contribution in [0.1, 0.15) is 10.4 Å². The molecule has 0 unspecified atom stereocenters. The molecule has 6 heteroatoms. The van der Waals surface area contributed by atoms with Gasteiger partial charge in [-0.1, -0.05) is 11.6 Å². The summed E-state index contributed by atoms with van der Waals surface area (Å²) in [6, 6.07) is 6.23. The predicted octanol–water partition coefficient (Wildman–Crippen LogP) is 2.42. The van der Waals surface area contributed by atoms with Crippen molar-refractivity contribution in [3.63, 3.8) is 0 Å². The van der Waals surface area contributed by atoms with E-state index in [-0.39, 0.29) is 21.8 Å². The second-order valence-corrected chi connectivity index (χ2v) is 3.93. The van der Waals surface area contributed by atoms with Gasteiger partial charge < -0.3 is 10.3 Å². The molecular formula is C12H8ClFN2O2. The maximum atomic E-state index is 12.8. The molecule has 0 fully saturated rings. The first kappa shape index (κ1) is 12.3. The number of H-pyrrole nitrogens is 1. The van der Waals surface area contributed by atoms with Gasteiger partial charge in [0.1, 0.15) is 5.82 Å². The van der Waals surface area contributed by atoms with Gasteiger partial charge in [-0.2, -0.15) is 0 Å². The highest BCUT2D eigenvalue weighted by Gasteiger charge is 2.09. The predicted molar refractivity (Wildman–Crippen MR) is 66.4 cm³/mol. The molecule has 1 heterocycles. The van der Waals surface area contributed by atoms with Crippen molar-refractivity contribution >= 4 is 23.2 Å². The van der Waals surface area contributed by atoms with E-state index in [1.165, 1.54) is 24.4 Å². The fourth-order valence-corrected chi connectivity index (χ4v) is 1.59. The zero-order chi connectivity index (χ0) is 13.1. The zero-order valence-electron chi connectivity index (χ0n) is 9.04. The summed E-state index contributed by atoms with van der Waals surface area (Å²) in [6.45, 7) is 0. The van der Waals surface area contributed by atoms with E-state index < -0.39 is 11.7 Å². The molecule has 0 aliphatic rings. The molecule has 0 saturated heterocycles. The number of aromatic nitrogens is 1. The van der Waals surface area contributed by atoms with Crippen molar-refractivity contribution in [3.8, 4) is 0 Å². The standard InChI is InChI=1S/C12H8ClFN2O2/c13-9-6-8(14)1-2-10(9)16-12(18)7-3-4-15-11(17)5-7/h1-6H,(H,15,17)(H,16,18). The van der Waals surface area contributed by atoms with Gasteiger partial charge >= 0.3 is 0 Å². The van der Waals surface area contributed by atoms with Crippen LogP contribution in [0.3, 0.4) is 0 Å². The molecule has 2 aromatic rings. The van der Waals surface area contributed by atoms with Crippen molar-refractivity contribution in [2.75, 3.05) is 5.32 Å². The van der Waals surface area contributed by atoms with Gasteiger partial charge in [0, 0.05) is 17.8 Å². The average Bonchev–Trinajstić information content (AvgIpc) is 2.32. The maximum absolute atomic E-state index is 12.8. The van der Waals surface area contributed by atoms with Crippen LogP contribution in [-0.2, 0) is 0 Å². The lowest BCUT2D eigenvalue weighted by Gasteiger charge is -2.06. The number of aromatic amines is 1. The highest BCUT2D eigenvalue weighted by molar-refractivity contribution is 6.33. The molecule has 0 atom stereocenters. The summed E-state index contributed by atoms with van der Waals surface area (Å²) in [7, 11) is 0. The molecule has 2 rings (SSSR count). The largest absolute Gasteiger partial charge is 0.329 e. The lowest BCUT2D eigenvalue weighted by Crippen LogP contribution is -2.15. The van der Waals surface area contributed by atoms with Crippen molar-refractivity contribution in [2.45, 2.75) is 0 Å². The van der Waals surface area contributed by atoms with Crippen LogP contribution in [0, 0.1) is 5.82 Å². The summed E-state index contributed by atoms with van der Waals surface area (Å²) in [5.41, 5.74) is 0.0929. The minimum absolute atomic E-state index is 0.0909. The number of rotatable bonds is 2. The number of carbonyl (C=O) groups excluding carboxylic acids is 1. The second-order valence-electron chi connectivity index (χ2n) is 3.52. The Kier molecular flexibility index (Phi) is 3.43. The van der Waals surface area contributed by atoms with E-state index in [1.807, 2.05) is 0 Å². The topological polar surface area (TPSA) is 62.0 Å². The molecule has 4 nitrogen and oxygen atoms in total. The lowest BCUT2D eigenvalue weighted by molar-refractivity contribution is 0.102. The van der Waals surface area contributed by atoms with Crippen LogP contribution in [0.25, 0.3) is 0 Å². The third-order valence-electron chi connectivity index (χ3n) is 2.22. The molecule has 0 aliphatic carbocycles. The molecule has 92 valence electrons. The van der Waals surface area contributed by atoms with Crippen molar-refractivity contribution in [1.82, 2.24) is 4.98 Å². The number of pyridine rings is 1. The summed E-state index contributed by atoms with van der Waals surface area (Å²) in [5.74, 6) is -0.983. The Morgan fingerprint density at radius 2 is 2.06 bits per heavy atom. The number of benzene rings is 1. The summed E-state index contributed by atoms with van der Waals surface area (Å²) in [5, 5.41) is 2.58. The first-order chi connectivity index (χ1) is 8.56. The SMILES string of the molecule is O=C(Nc1ccc(F)cc1Cl)c1cc[nH]c(=O)c1. The zero-order valence-corrected chi connectivity index (χ0v) is 9.79. The van der Waals surface area contributed by atoms with Crippen LogP contribution >= 0.6 is 11.6 Å². The maximum Gasteiger partial charge on any atom is 0.255 e. The summed E-state index contributed by atoms with van der Waals surface area (Å²) >= 11 is 5.77. The average molecular weight is 267 g/mol. The molecule has 0 saturated carbocycles.